The van der Waals surface area contributed by atoms with Gasteiger partial charge in [0.2, 0.25) is 0 Å². The summed E-state index contributed by atoms with van der Waals surface area (Å²) in [6.45, 7) is 16.1. The molecule has 198 valence electrons. The van der Waals surface area contributed by atoms with Crippen LogP contribution in [-0.2, 0) is 11.3 Å². The summed E-state index contributed by atoms with van der Waals surface area (Å²) in [5, 5.41) is 11.8. The van der Waals surface area contributed by atoms with Crippen LogP contribution in [0.25, 0.3) is 16.0 Å². The van der Waals surface area contributed by atoms with Gasteiger partial charge in [0.1, 0.15) is 5.60 Å². The maximum Gasteiger partial charge on any atom is 0.410 e. The number of halogens is 1. The average Bonchev–Trinajstić information content (AvgIpc) is 3.23. The standard InChI is InChI=1S/C28H30FN5O4/c1-19-14-21(20-6-8-23(30-5)9-7-20)17-33(19)18-22-15-26(24(29)16-25(22)34(36)37)31-10-12-32(13-11-31)27(35)38-28(2,3)4/h6-9,14-17H,10-13,18H2,1-4H3. The maximum absolute atomic E-state index is 15.1. The van der Waals surface area contributed by atoms with Gasteiger partial charge in [0.15, 0.2) is 11.5 Å². The zero-order valence-corrected chi connectivity index (χ0v) is 21.9. The summed E-state index contributed by atoms with van der Waals surface area (Å²) < 4.78 is 22.4. The number of amides is 1. The first-order chi connectivity index (χ1) is 17.9. The Balaban J connectivity index is 1.57. The van der Waals surface area contributed by atoms with Gasteiger partial charge in [0, 0.05) is 38.1 Å². The summed E-state index contributed by atoms with van der Waals surface area (Å²) in [6.07, 6.45) is 1.48. The summed E-state index contributed by atoms with van der Waals surface area (Å²) >= 11 is 0. The first kappa shape index (κ1) is 26.7. The second-order valence-electron chi connectivity index (χ2n) is 10.3. The molecule has 1 fully saturated rings. The summed E-state index contributed by atoms with van der Waals surface area (Å²) in [6, 6.07) is 11.7. The molecule has 0 spiro atoms. The highest BCUT2D eigenvalue weighted by Crippen LogP contribution is 2.32. The van der Waals surface area contributed by atoms with Crippen LogP contribution in [0.2, 0.25) is 0 Å². The first-order valence-corrected chi connectivity index (χ1v) is 12.3. The number of hydrogen-bond acceptors (Lipinski definition) is 5. The van der Waals surface area contributed by atoms with Crippen LogP contribution in [0.15, 0.2) is 48.7 Å². The van der Waals surface area contributed by atoms with E-state index in [1.165, 1.54) is 0 Å². The van der Waals surface area contributed by atoms with Crippen LogP contribution in [0, 0.1) is 29.4 Å². The molecule has 1 amide bonds. The Bertz CT molecular complexity index is 1390. The molecule has 38 heavy (non-hydrogen) atoms. The second-order valence-corrected chi connectivity index (χ2v) is 10.3. The number of carbonyl (C=O) groups is 1. The molecule has 4 rings (SSSR count). The van der Waals surface area contributed by atoms with Crippen LogP contribution in [-0.4, -0.2) is 52.3 Å². The molecule has 0 saturated carbocycles. The Morgan fingerprint density at radius 2 is 1.76 bits per heavy atom. The number of piperazine rings is 1. The van der Waals surface area contributed by atoms with Gasteiger partial charge in [0.05, 0.1) is 35.4 Å². The summed E-state index contributed by atoms with van der Waals surface area (Å²) in [5.74, 6) is -0.670. The van der Waals surface area contributed by atoms with E-state index in [2.05, 4.69) is 4.85 Å². The molecular weight excluding hydrogens is 489 g/mol. The Kier molecular flexibility index (Phi) is 7.39. The Labute approximate surface area is 221 Å². The van der Waals surface area contributed by atoms with Crippen LogP contribution >= 0.6 is 0 Å². The zero-order chi connectivity index (χ0) is 27.6. The Morgan fingerprint density at radius 1 is 1.11 bits per heavy atom. The van der Waals surface area contributed by atoms with Crippen LogP contribution in [0.1, 0.15) is 32.0 Å². The van der Waals surface area contributed by atoms with E-state index in [4.69, 9.17) is 11.3 Å². The van der Waals surface area contributed by atoms with Crippen molar-refractivity contribution < 1.29 is 18.8 Å². The molecule has 9 nitrogen and oxygen atoms in total. The molecule has 0 atom stereocenters. The van der Waals surface area contributed by atoms with Crippen LogP contribution < -0.4 is 4.90 Å². The van der Waals surface area contributed by atoms with Gasteiger partial charge in [-0.05, 0) is 51.0 Å². The number of anilines is 1. The van der Waals surface area contributed by atoms with Crippen LogP contribution in [0.4, 0.5) is 26.2 Å². The third-order valence-electron chi connectivity index (χ3n) is 6.40. The van der Waals surface area contributed by atoms with Gasteiger partial charge in [-0.25, -0.2) is 14.0 Å². The minimum Gasteiger partial charge on any atom is -0.444 e. The van der Waals surface area contributed by atoms with Gasteiger partial charge in [-0.15, -0.1) is 0 Å². The number of carbonyl (C=O) groups excluding carboxylic acids is 1. The summed E-state index contributed by atoms with van der Waals surface area (Å²) in [4.78, 5) is 30.4. The Hall–Kier alpha value is -4.39. The fourth-order valence-electron chi connectivity index (χ4n) is 4.45. The van der Waals surface area contributed by atoms with E-state index in [0.29, 0.717) is 37.4 Å². The van der Waals surface area contributed by atoms with Gasteiger partial charge >= 0.3 is 6.09 Å². The third kappa shape index (κ3) is 5.94. The van der Waals surface area contributed by atoms with Crippen molar-refractivity contribution in [3.63, 3.8) is 0 Å². The molecule has 1 aromatic heterocycles. The van der Waals surface area contributed by atoms with Gasteiger partial charge in [0.25, 0.3) is 5.69 Å². The van der Waals surface area contributed by atoms with Crippen molar-refractivity contribution in [2.45, 2.75) is 39.8 Å². The molecular formula is C28H30FN5O4. The van der Waals surface area contributed by atoms with E-state index in [0.717, 1.165) is 22.9 Å². The minimum atomic E-state index is -0.670. The van der Waals surface area contributed by atoms with Crippen molar-refractivity contribution in [1.82, 2.24) is 9.47 Å². The average molecular weight is 520 g/mol. The van der Waals surface area contributed by atoms with Crippen molar-refractivity contribution in [1.29, 1.82) is 0 Å². The lowest BCUT2D eigenvalue weighted by Gasteiger charge is -2.37. The van der Waals surface area contributed by atoms with Gasteiger partial charge in [-0.2, -0.15) is 0 Å². The molecule has 1 aliphatic rings. The highest BCUT2D eigenvalue weighted by molar-refractivity contribution is 5.69. The lowest BCUT2D eigenvalue weighted by Crippen LogP contribution is -2.50. The van der Waals surface area contributed by atoms with Crippen LogP contribution in [0.5, 0.6) is 0 Å². The number of hydrogen-bond donors (Lipinski definition) is 0. The number of rotatable bonds is 5. The summed E-state index contributed by atoms with van der Waals surface area (Å²) in [5.41, 5.74) is 3.05. The highest BCUT2D eigenvalue weighted by Gasteiger charge is 2.28. The lowest BCUT2D eigenvalue weighted by molar-refractivity contribution is -0.385. The van der Waals surface area contributed by atoms with Crippen molar-refractivity contribution in [2.75, 3.05) is 31.1 Å². The number of aryl methyl sites for hydroxylation is 1. The molecule has 3 aromatic rings. The van der Waals surface area contributed by atoms with E-state index in [9.17, 15) is 14.9 Å². The van der Waals surface area contributed by atoms with Crippen molar-refractivity contribution in [3.8, 4) is 11.1 Å². The lowest BCUT2D eigenvalue weighted by atomic mass is 10.1. The fourth-order valence-corrected chi connectivity index (χ4v) is 4.45. The van der Waals surface area contributed by atoms with E-state index < -0.39 is 22.4 Å². The zero-order valence-electron chi connectivity index (χ0n) is 21.9. The molecule has 0 unspecified atom stereocenters. The number of nitro groups is 1. The first-order valence-electron chi connectivity index (χ1n) is 12.3. The van der Waals surface area contributed by atoms with E-state index in [1.54, 1.807) is 48.8 Å². The Morgan fingerprint density at radius 3 is 2.34 bits per heavy atom. The summed E-state index contributed by atoms with van der Waals surface area (Å²) in [7, 11) is 0. The maximum atomic E-state index is 15.1. The van der Waals surface area contributed by atoms with Crippen molar-refractivity contribution in [2.24, 2.45) is 0 Å². The van der Waals surface area contributed by atoms with Gasteiger partial charge in [-0.1, -0.05) is 24.3 Å². The highest BCUT2D eigenvalue weighted by atomic mass is 19.1. The molecule has 2 heterocycles. The topological polar surface area (TPSA) is 85.2 Å². The molecule has 2 aromatic carbocycles. The quantitative estimate of drug-likeness (QED) is 0.229. The molecule has 0 aliphatic carbocycles. The monoisotopic (exact) mass is 519 g/mol. The normalized spacial score (nSPS) is 13.8. The second kappa shape index (κ2) is 10.5. The van der Waals surface area contributed by atoms with Crippen molar-refractivity contribution >= 4 is 23.2 Å². The largest absolute Gasteiger partial charge is 0.444 e. The van der Waals surface area contributed by atoms with E-state index in [-0.39, 0.29) is 17.9 Å². The van der Waals surface area contributed by atoms with Crippen molar-refractivity contribution in [3.05, 3.63) is 87.3 Å². The van der Waals surface area contributed by atoms with Gasteiger partial charge in [-0.3, -0.25) is 10.1 Å². The predicted octanol–water partition coefficient (Wildman–Crippen LogP) is 6.17. The predicted molar refractivity (Wildman–Crippen MR) is 143 cm³/mol. The van der Waals surface area contributed by atoms with Gasteiger partial charge < -0.3 is 19.1 Å². The molecule has 1 aliphatic heterocycles. The van der Waals surface area contributed by atoms with Crippen LogP contribution in [0.3, 0.4) is 0 Å². The fraction of sp³-hybridized carbons (Fsp3) is 0.357. The number of ether oxygens (including phenoxy) is 1. The third-order valence-corrected chi connectivity index (χ3v) is 6.40. The number of nitro benzene ring substituents is 1. The number of aromatic nitrogens is 1. The SMILES string of the molecule is [C-]#[N+]c1ccc(-c2cc(C)n(Cc3cc(N4CCN(C(=O)OC(C)(C)C)CC4)c(F)cc3[N+](=O)[O-])c2)cc1. The molecule has 0 bridgehead atoms. The molecule has 1 saturated heterocycles. The number of nitrogens with zero attached hydrogens (tertiary/aromatic N) is 5. The molecule has 10 heteroatoms. The number of benzene rings is 2. The van der Waals surface area contributed by atoms with E-state index in [1.807, 2.05) is 35.9 Å². The smallest absolute Gasteiger partial charge is 0.410 e. The van der Waals surface area contributed by atoms with E-state index >= 15 is 4.39 Å². The molecule has 0 radical (unpaired) electrons. The minimum absolute atomic E-state index is 0.188. The molecule has 0 N–H and O–H groups in total.